The molecule has 0 aliphatic carbocycles. The van der Waals surface area contributed by atoms with Gasteiger partial charge in [0.2, 0.25) is 0 Å². The third-order valence-corrected chi connectivity index (χ3v) is 5.83. The average molecular weight is 360 g/mol. The zero-order chi connectivity index (χ0) is 18.6. The highest BCUT2D eigenvalue weighted by Gasteiger charge is 2.50. The molecule has 1 aromatic heterocycles. The molecule has 0 saturated carbocycles. The predicted molar refractivity (Wildman–Crippen MR) is 99.3 cm³/mol. The van der Waals surface area contributed by atoms with Crippen molar-refractivity contribution in [2.75, 3.05) is 44.2 Å². The van der Waals surface area contributed by atoms with Crippen LogP contribution in [0.15, 0.2) is 24.5 Å². The van der Waals surface area contributed by atoms with Gasteiger partial charge in [-0.15, -0.1) is 0 Å². The third-order valence-electron chi connectivity index (χ3n) is 5.83. The van der Waals surface area contributed by atoms with Crippen molar-refractivity contribution in [2.24, 2.45) is 5.92 Å². The molecule has 0 aromatic carbocycles. The molecule has 1 aromatic rings. The number of pyridine rings is 1. The van der Waals surface area contributed by atoms with E-state index < -0.39 is 11.5 Å². The molecular formula is C19H28N4O3. The van der Waals surface area contributed by atoms with Crippen LogP contribution in [0, 0.1) is 5.92 Å². The van der Waals surface area contributed by atoms with E-state index in [-0.39, 0.29) is 11.7 Å². The van der Waals surface area contributed by atoms with Crippen molar-refractivity contribution < 1.29 is 14.7 Å². The molecule has 2 N–H and O–H groups in total. The number of piperidine rings is 1. The number of carbonyl (C=O) groups excluding carboxylic acids is 1. The van der Waals surface area contributed by atoms with E-state index in [1.807, 2.05) is 17.0 Å². The molecule has 1 atom stereocenters. The van der Waals surface area contributed by atoms with Crippen molar-refractivity contribution in [1.29, 1.82) is 0 Å². The van der Waals surface area contributed by atoms with Crippen LogP contribution in [0.3, 0.4) is 0 Å². The number of ketones is 1. The van der Waals surface area contributed by atoms with Gasteiger partial charge in [-0.1, -0.05) is 0 Å². The Morgan fingerprint density at radius 2 is 1.81 bits per heavy atom. The maximum Gasteiger partial charge on any atom is 0.331 e. The summed E-state index contributed by atoms with van der Waals surface area (Å²) < 4.78 is 0. The summed E-state index contributed by atoms with van der Waals surface area (Å²) in [5.74, 6) is -0.976. The van der Waals surface area contributed by atoms with Gasteiger partial charge in [0.15, 0.2) is 11.3 Å². The van der Waals surface area contributed by atoms with Crippen LogP contribution in [-0.2, 0) is 9.59 Å². The Hall–Kier alpha value is -1.99. The molecule has 0 bridgehead atoms. The van der Waals surface area contributed by atoms with Crippen LogP contribution in [0.5, 0.6) is 0 Å². The Morgan fingerprint density at radius 1 is 1.19 bits per heavy atom. The first-order valence-corrected chi connectivity index (χ1v) is 9.39. The number of hydrogen-bond donors (Lipinski definition) is 2. The van der Waals surface area contributed by atoms with Crippen molar-refractivity contribution in [3.05, 3.63) is 24.5 Å². The standard InChI is InChI=1S/C19H28N4O3/c1-15(24)19(18(25)26,14-16-2-6-20-7-3-16)23-12-10-22(11-13-23)17-4-8-21-9-5-17/h4-5,8-9,16,20H,2-3,6-7,10-14H2,1H3,(H,25,26). The van der Waals surface area contributed by atoms with E-state index in [0.29, 0.717) is 32.6 Å². The minimum absolute atomic E-state index is 0.249. The second kappa shape index (κ2) is 8.14. The van der Waals surface area contributed by atoms with Crippen molar-refractivity contribution in [1.82, 2.24) is 15.2 Å². The first kappa shape index (κ1) is 18.8. The second-order valence-electron chi connectivity index (χ2n) is 7.30. The van der Waals surface area contributed by atoms with Gasteiger partial charge in [-0.25, -0.2) is 4.79 Å². The van der Waals surface area contributed by atoms with Crippen LogP contribution in [-0.4, -0.2) is 71.6 Å². The monoisotopic (exact) mass is 360 g/mol. The Kier molecular flexibility index (Phi) is 5.88. The van der Waals surface area contributed by atoms with Gasteiger partial charge in [-0.2, -0.15) is 0 Å². The van der Waals surface area contributed by atoms with Crippen LogP contribution in [0.1, 0.15) is 26.2 Å². The summed E-state index contributed by atoms with van der Waals surface area (Å²) in [7, 11) is 0. The maximum atomic E-state index is 12.6. The van der Waals surface area contributed by atoms with E-state index in [4.69, 9.17) is 0 Å². The van der Waals surface area contributed by atoms with Gasteiger partial charge in [0.05, 0.1) is 0 Å². The lowest BCUT2D eigenvalue weighted by Crippen LogP contribution is -2.65. The van der Waals surface area contributed by atoms with Gasteiger partial charge < -0.3 is 15.3 Å². The molecule has 2 aliphatic heterocycles. The van der Waals surface area contributed by atoms with Gasteiger partial charge in [-0.3, -0.25) is 14.7 Å². The van der Waals surface area contributed by atoms with Gasteiger partial charge >= 0.3 is 5.97 Å². The lowest BCUT2D eigenvalue weighted by molar-refractivity contribution is -0.159. The lowest BCUT2D eigenvalue weighted by atomic mass is 9.78. The number of carboxylic acids is 1. The minimum Gasteiger partial charge on any atom is -0.480 e. The first-order valence-electron chi connectivity index (χ1n) is 9.39. The van der Waals surface area contributed by atoms with E-state index in [9.17, 15) is 14.7 Å². The summed E-state index contributed by atoms with van der Waals surface area (Å²) in [4.78, 5) is 33.0. The molecule has 2 aliphatic rings. The molecule has 26 heavy (non-hydrogen) atoms. The number of piperazine rings is 1. The largest absolute Gasteiger partial charge is 0.480 e. The zero-order valence-electron chi connectivity index (χ0n) is 15.4. The number of Topliss-reactive ketones (excluding diaryl/α,β-unsaturated/α-hetero) is 1. The van der Waals surface area contributed by atoms with E-state index in [1.54, 1.807) is 12.4 Å². The molecule has 3 rings (SSSR count). The van der Waals surface area contributed by atoms with Gasteiger partial charge in [-0.05, 0) is 57.3 Å². The van der Waals surface area contributed by atoms with Crippen LogP contribution < -0.4 is 10.2 Å². The van der Waals surface area contributed by atoms with E-state index >= 15 is 0 Å². The summed E-state index contributed by atoms with van der Waals surface area (Å²) in [5, 5.41) is 13.4. The zero-order valence-corrected chi connectivity index (χ0v) is 15.4. The van der Waals surface area contributed by atoms with Gasteiger partial charge in [0, 0.05) is 44.3 Å². The number of aromatic nitrogens is 1. The number of carboxylic acid groups (broad SMARTS) is 1. The predicted octanol–water partition coefficient (Wildman–Crippen LogP) is 1.01. The topological polar surface area (TPSA) is 85.8 Å². The van der Waals surface area contributed by atoms with Gasteiger partial charge in [0.1, 0.15) is 0 Å². The van der Waals surface area contributed by atoms with Crippen LogP contribution >= 0.6 is 0 Å². The van der Waals surface area contributed by atoms with E-state index in [1.165, 1.54) is 6.92 Å². The molecule has 2 fully saturated rings. The maximum absolute atomic E-state index is 12.6. The minimum atomic E-state index is -1.40. The quantitative estimate of drug-likeness (QED) is 0.732. The fourth-order valence-corrected chi connectivity index (χ4v) is 4.27. The summed E-state index contributed by atoms with van der Waals surface area (Å²) in [6.07, 6.45) is 5.79. The molecule has 0 radical (unpaired) electrons. The summed E-state index contributed by atoms with van der Waals surface area (Å²) in [6, 6.07) is 3.92. The van der Waals surface area contributed by atoms with Crippen molar-refractivity contribution in [3.8, 4) is 0 Å². The SMILES string of the molecule is CC(=O)C(CC1CCNCC1)(C(=O)O)N1CCN(c2ccncc2)CC1. The third kappa shape index (κ3) is 3.73. The summed E-state index contributed by atoms with van der Waals surface area (Å²) in [6.45, 7) is 5.78. The molecule has 3 heterocycles. The Labute approximate surface area is 154 Å². The average Bonchev–Trinajstić information content (AvgIpc) is 2.67. The molecule has 7 nitrogen and oxygen atoms in total. The van der Waals surface area contributed by atoms with Gasteiger partial charge in [0.25, 0.3) is 0 Å². The number of carbonyl (C=O) groups is 2. The number of anilines is 1. The first-order chi connectivity index (χ1) is 12.5. The molecular weight excluding hydrogens is 332 g/mol. The molecule has 0 amide bonds. The molecule has 1 unspecified atom stereocenters. The second-order valence-corrected chi connectivity index (χ2v) is 7.30. The molecule has 7 heteroatoms. The van der Waals surface area contributed by atoms with E-state index in [2.05, 4.69) is 15.2 Å². The van der Waals surface area contributed by atoms with Crippen molar-refractivity contribution >= 4 is 17.4 Å². The lowest BCUT2D eigenvalue weighted by Gasteiger charge is -2.46. The summed E-state index contributed by atoms with van der Waals surface area (Å²) >= 11 is 0. The molecule has 2 saturated heterocycles. The van der Waals surface area contributed by atoms with Crippen LogP contribution in [0.4, 0.5) is 5.69 Å². The number of hydrogen-bond acceptors (Lipinski definition) is 6. The number of nitrogens with one attached hydrogen (secondary N) is 1. The Morgan fingerprint density at radius 3 is 2.35 bits per heavy atom. The molecule has 0 spiro atoms. The normalized spacial score (nSPS) is 22.0. The smallest absolute Gasteiger partial charge is 0.331 e. The highest BCUT2D eigenvalue weighted by Crippen LogP contribution is 2.32. The van der Waals surface area contributed by atoms with Crippen molar-refractivity contribution in [2.45, 2.75) is 31.7 Å². The highest BCUT2D eigenvalue weighted by molar-refractivity contribution is 6.06. The Bertz CT molecular complexity index is 609. The fourth-order valence-electron chi connectivity index (χ4n) is 4.27. The highest BCUT2D eigenvalue weighted by atomic mass is 16.4. The number of rotatable bonds is 6. The fraction of sp³-hybridized carbons (Fsp3) is 0.632. The van der Waals surface area contributed by atoms with Crippen LogP contribution in [0.2, 0.25) is 0 Å². The summed E-state index contributed by atoms with van der Waals surface area (Å²) in [5.41, 5.74) is -0.312. The van der Waals surface area contributed by atoms with Crippen LogP contribution in [0.25, 0.3) is 0 Å². The van der Waals surface area contributed by atoms with E-state index in [0.717, 1.165) is 31.6 Å². The van der Waals surface area contributed by atoms with Crippen molar-refractivity contribution in [3.63, 3.8) is 0 Å². The number of aliphatic carboxylic acids is 1. The molecule has 142 valence electrons. The Balaban J connectivity index is 1.75. The number of nitrogens with zero attached hydrogens (tertiary/aromatic N) is 3.